The molecule has 0 aliphatic carbocycles. The van der Waals surface area contributed by atoms with Crippen LogP contribution in [0.3, 0.4) is 0 Å². The van der Waals surface area contributed by atoms with Gasteiger partial charge in [0.15, 0.2) is 4.34 Å². The number of nitrogens with two attached hydrogens (primary N) is 1. The molecule has 0 saturated heterocycles. The monoisotopic (exact) mass is 322 g/mol. The highest BCUT2D eigenvalue weighted by atomic mass is 32.2. The van der Waals surface area contributed by atoms with E-state index in [9.17, 15) is 9.59 Å². The molecule has 8 heteroatoms. The summed E-state index contributed by atoms with van der Waals surface area (Å²) in [4.78, 5) is 22.5. The van der Waals surface area contributed by atoms with Crippen molar-refractivity contribution in [1.29, 1.82) is 0 Å². The second-order valence-electron chi connectivity index (χ2n) is 4.16. The van der Waals surface area contributed by atoms with Gasteiger partial charge in [0.2, 0.25) is 16.9 Å². The van der Waals surface area contributed by atoms with E-state index in [-0.39, 0.29) is 11.7 Å². The number of hydrogen-bond acceptors (Lipinski definition) is 6. The van der Waals surface area contributed by atoms with E-state index < -0.39 is 5.91 Å². The molecule has 1 heterocycles. The molecule has 0 aliphatic heterocycles. The third kappa shape index (κ3) is 5.52. The zero-order valence-electron chi connectivity index (χ0n) is 11.1. The van der Waals surface area contributed by atoms with Crippen molar-refractivity contribution in [3.05, 3.63) is 35.9 Å². The number of amides is 2. The zero-order chi connectivity index (χ0) is 15.1. The highest BCUT2D eigenvalue weighted by Crippen LogP contribution is 2.25. The summed E-state index contributed by atoms with van der Waals surface area (Å²) in [5, 5.41) is 10.8. The van der Waals surface area contributed by atoms with E-state index in [1.54, 1.807) is 0 Å². The number of thioether (sulfide) groups is 1. The number of primary amides is 1. The van der Waals surface area contributed by atoms with Crippen LogP contribution in [0.5, 0.6) is 0 Å². The number of hydrogen-bond donors (Lipinski definition) is 2. The van der Waals surface area contributed by atoms with Gasteiger partial charge >= 0.3 is 0 Å². The zero-order valence-corrected chi connectivity index (χ0v) is 12.7. The fourth-order valence-corrected chi connectivity index (χ4v) is 3.04. The normalized spacial score (nSPS) is 10.3. The van der Waals surface area contributed by atoms with Gasteiger partial charge in [0.1, 0.15) is 0 Å². The minimum Gasteiger partial charge on any atom is -0.369 e. The predicted molar refractivity (Wildman–Crippen MR) is 83.2 cm³/mol. The van der Waals surface area contributed by atoms with Gasteiger partial charge in [0.05, 0.1) is 5.75 Å². The average Bonchev–Trinajstić information content (AvgIpc) is 2.91. The highest BCUT2D eigenvalue weighted by molar-refractivity contribution is 8.01. The second-order valence-corrected chi connectivity index (χ2v) is 6.36. The Labute approximate surface area is 130 Å². The lowest BCUT2D eigenvalue weighted by molar-refractivity contribution is -0.116. The van der Waals surface area contributed by atoms with Gasteiger partial charge in [-0.05, 0) is 12.0 Å². The maximum absolute atomic E-state index is 11.8. The molecule has 21 heavy (non-hydrogen) atoms. The third-order valence-electron chi connectivity index (χ3n) is 2.47. The molecule has 1 aromatic carbocycles. The van der Waals surface area contributed by atoms with Crippen LogP contribution in [0.4, 0.5) is 5.13 Å². The second kappa shape index (κ2) is 7.75. The Morgan fingerprint density at radius 3 is 2.71 bits per heavy atom. The Hall–Kier alpha value is -1.93. The molecular formula is C13H14N4O2S2. The van der Waals surface area contributed by atoms with E-state index in [1.165, 1.54) is 23.1 Å². The molecule has 2 rings (SSSR count). The Bertz CT molecular complexity index is 616. The van der Waals surface area contributed by atoms with Crippen LogP contribution in [0, 0.1) is 0 Å². The molecule has 2 amide bonds. The number of aryl methyl sites for hydroxylation is 1. The first-order valence-electron chi connectivity index (χ1n) is 6.22. The Kier molecular flexibility index (Phi) is 5.70. The molecule has 3 N–H and O–H groups in total. The Morgan fingerprint density at radius 1 is 1.24 bits per heavy atom. The lowest BCUT2D eigenvalue weighted by Crippen LogP contribution is -2.12. The summed E-state index contributed by atoms with van der Waals surface area (Å²) in [7, 11) is 0. The topological polar surface area (TPSA) is 98.0 Å². The van der Waals surface area contributed by atoms with E-state index in [0.717, 1.165) is 5.56 Å². The summed E-state index contributed by atoms with van der Waals surface area (Å²) in [6.07, 6.45) is 1.06. The van der Waals surface area contributed by atoms with Crippen LogP contribution in [0.2, 0.25) is 0 Å². The quantitative estimate of drug-likeness (QED) is 0.597. The fourth-order valence-electron chi connectivity index (χ4n) is 1.54. The molecule has 0 unspecified atom stereocenters. The van der Waals surface area contributed by atoms with Crippen LogP contribution in [0.1, 0.15) is 12.0 Å². The van der Waals surface area contributed by atoms with Gasteiger partial charge in [0.25, 0.3) is 0 Å². The van der Waals surface area contributed by atoms with E-state index >= 15 is 0 Å². The van der Waals surface area contributed by atoms with Crippen molar-refractivity contribution in [2.24, 2.45) is 5.73 Å². The predicted octanol–water partition coefficient (Wildman–Crippen LogP) is 1.69. The van der Waals surface area contributed by atoms with Crippen molar-refractivity contribution in [2.45, 2.75) is 17.2 Å². The van der Waals surface area contributed by atoms with Gasteiger partial charge in [-0.1, -0.05) is 53.4 Å². The van der Waals surface area contributed by atoms with Gasteiger partial charge in [-0.2, -0.15) is 0 Å². The van der Waals surface area contributed by atoms with Gasteiger partial charge < -0.3 is 11.1 Å². The van der Waals surface area contributed by atoms with Crippen LogP contribution >= 0.6 is 23.1 Å². The summed E-state index contributed by atoms with van der Waals surface area (Å²) in [6.45, 7) is 0. The summed E-state index contributed by atoms with van der Waals surface area (Å²) < 4.78 is 0.604. The molecule has 110 valence electrons. The maximum atomic E-state index is 11.8. The average molecular weight is 322 g/mol. The SMILES string of the molecule is NC(=O)CSc1nnc(NC(=O)CCc2ccccc2)s1. The van der Waals surface area contributed by atoms with E-state index in [2.05, 4.69) is 15.5 Å². The summed E-state index contributed by atoms with van der Waals surface area (Å²) in [5.74, 6) is -0.374. The van der Waals surface area contributed by atoms with Gasteiger partial charge in [-0.25, -0.2) is 0 Å². The Balaban J connectivity index is 1.78. The molecule has 0 spiro atoms. The molecule has 6 nitrogen and oxygen atoms in total. The summed E-state index contributed by atoms with van der Waals surface area (Å²) in [6, 6.07) is 9.80. The van der Waals surface area contributed by atoms with Gasteiger partial charge in [-0.3, -0.25) is 9.59 Å². The van der Waals surface area contributed by atoms with Crippen LogP contribution in [-0.2, 0) is 16.0 Å². The molecule has 0 bridgehead atoms. The lowest BCUT2D eigenvalue weighted by atomic mass is 10.1. The number of aromatic nitrogens is 2. The number of benzene rings is 1. The van der Waals surface area contributed by atoms with Crippen molar-refractivity contribution < 1.29 is 9.59 Å². The largest absolute Gasteiger partial charge is 0.369 e. The molecule has 0 saturated carbocycles. The van der Waals surface area contributed by atoms with Crippen LogP contribution in [0.15, 0.2) is 34.7 Å². The maximum Gasteiger partial charge on any atom is 0.227 e. The molecule has 0 atom stereocenters. The fraction of sp³-hybridized carbons (Fsp3) is 0.231. The molecular weight excluding hydrogens is 308 g/mol. The molecule has 1 aromatic heterocycles. The number of rotatable bonds is 7. The van der Waals surface area contributed by atoms with Crippen LogP contribution in [-0.4, -0.2) is 27.8 Å². The van der Waals surface area contributed by atoms with Crippen molar-refractivity contribution in [3.8, 4) is 0 Å². The first-order chi connectivity index (χ1) is 10.1. The minimum atomic E-state index is -0.413. The van der Waals surface area contributed by atoms with E-state index in [1.807, 2.05) is 30.3 Å². The first kappa shape index (κ1) is 15.5. The number of anilines is 1. The van der Waals surface area contributed by atoms with Crippen molar-refractivity contribution in [3.63, 3.8) is 0 Å². The number of nitrogens with zero attached hydrogens (tertiary/aromatic N) is 2. The standard InChI is InChI=1S/C13H14N4O2S2/c14-10(18)8-20-13-17-16-12(21-13)15-11(19)7-6-9-4-2-1-3-5-9/h1-5H,6-8H2,(H2,14,18)(H,15,16,19). The molecule has 0 radical (unpaired) electrons. The summed E-state index contributed by atoms with van der Waals surface area (Å²) >= 11 is 2.43. The molecule has 2 aromatic rings. The molecule has 0 fully saturated rings. The number of nitrogens with one attached hydrogen (secondary N) is 1. The Morgan fingerprint density at radius 2 is 2.00 bits per heavy atom. The third-order valence-corrected chi connectivity index (χ3v) is 4.47. The van der Waals surface area contributed by atoms with Crippen molar-refractivity contribution >= 4 is 40.0 Å². The van der Waals surface area contributed by atoms with Gasteiger partial charge in [0, 0.05) is 6.42 Å². The molecule has 0 aliphatic rings. The van der Waals surface area contributed by atoms with Crippen LogP contribution in [0.25, 0.3) is 0 Å². The van der Waals surface area contributed by atoms with Crippen LogP contribution < -0.4 is 11.1 Å². The number of carbonyl (C=O) groups excluding carboxylic acids is 2. The van der Waals surface area contributed by atoms with E-state index in [4.69, 9.17) is 5.73 Å². The van der Waals surface area contributed by atoms with Crippen molar-refractivity contribution in [1.82, 2.24) is 10.2 Å². The first-order valence-corrected chi connectivity index (χ1v) is 8.02. The van der Waals surface area contributed by atoms with E-state index in [0.29, 0.717) is 22.3 Å². The lowest BCUT2D eigenvalue weighted by Gasteiger charge is -2.01. The summed E-state index contributed by atoms with van der Waals surface area (Å²) in [5.41, 5.74) is 6.16. The number of carbonyl (C=O) groups is 2. The minimum absolute atomic E-state index is 0.110. The van der Waals surface area contributed by atoms with Gasteiger partial charge in [-0.15, -0.1) is 10.2 Å². The smallest absolute Gasteiger partial charge is 0.227 e. The van der Waals surface area contributed by atoms with Crippen molar-refractivity contribution in [2.75, 3.05) is 11.1 Å². The highest BCUT2D eigenvalue weighted by Gasteiger charge is 2.09.